The molecule has 2 aromatic carbocycles. The zero-order valence-electron chi connectivity index (χ0n) is 15.5. The van der Waals surface area contributed by atoms with Crippen LogP contribution < -0.4 is 10.1 Å². The summed E-state index contributed by atoms with van der Waals surface area (Å²) >= 11 is 12.8. The van der Waals surface area contributed by atoms with E-state index in [1.807, 2.05) is 6.07 Å². The molecule has 1 saturated heterocycles. The average molecular weight is 441 g/mol. The van der Waals surface area contributed by atoms with Crippen LogP contribution in [0.15, 0.2) is 41.3 Å². The number of rotatable bonds is 4. The second-order valence-electron chi connectivity index (χ2n) is 7.29. The van der Waals surface area contributed by atoms with Crippen molar-refractivity contribution in [2.24, 2.45) is 0 Å². The lowest BCUT2D eigenvalue weighted by Gasteiger charge is -2.36. The molecule has 1 heterocycles. The number of nitrogens with zero attached hydrogens (tertiary/aromatic N) is 1. The number of hydrogen-bond donors (Lipinski definition) is 1. The fraction of sp³-hybridized carbons (Fsp3) is 0.400. The molecule has 0 spiro atoms. The van der Waals surface area contributed by atoms with E-state index in [-0.39, 0.29) is 17.0 Å². The Hall–Kier alpha value is -1.31. The van der Waals surface area contributed by atoms with E-state index in [2.05, 4.69) is 10.2 Å². The van der Waals surface area contributed by atoms with E-state index in [1.165, 1.54) is 6.26 Å². The SMILES string of the molecule is CS(=O)(=O)c1ccc(O[C@@H]2c3cc(Cl)cc(Cl)c3C[C@@H]2N2CCNCC2)cc1. The third-order valence-electron chi connectivity index (χ3n) is 5.40. The molecule has 0 amide bonds. The summed E-state index contributed by atoms with van der Waals surface area (Å²) in [5.41, 5.74) is 2.08. The normalized spacial score (nSPS) is 22.8. The molecule has 1 aliphatic heterocycles. The molecular formula is C20H22Cl2N2O3S. The highest BCUT2D eigenvalue weighted by Gasteiger charge is 2.39. The monoisotopic (exact) mass is 440 g/mol. The molecule has 0 aromatic heterocycles. The van der Waals surface area contributed by atoms with Gasteiger partial charge in [-0.1, -0.05) is 23.2 Å². The molecule has 1 fully saturated rings. The van der Waals surface area contributed by atoms with Gasteiger partial charge in [0.2, 0.25) is 0 Å². The van der Waals surface area contributed by atoms with Crippen molar-refractivity contribution in [1.29, 1.82) is 0 Å². The van der Waals surface area contributed by atoms with Gasteiger partial charge in [0.1, 0.15) is 11.9 Å². The van der Waals surface area contributed by atoms with Crippen molar-refractivity contribution in [1.82, 2.24) is 10.2 Å². The van der Waals surface area contributed by atoms with E-state index in [1.54, 1.807) is 30.3 Å². The first-order chi connectivity index (χ1) is 13.3. The topological polar surface area (TPSA) is 58.6 Å². The van der Waals surface area contributed by atoms with Crippen molar-refractivity contribution in [2.45, 2.75) is 23.5 Å². The van der Waals surface area contributed by atoms with Gasteiger partial charge in [0.25, 0.3) is 0 Å². The summed E-state index contributed by atoms with van der Waals surface area (Å²) in [5, 5.41) is 4.63. The summed E-state index contributed by atoms with van der Waals surface area (Å²) in [5.74, 6) is 0.626. The standard InChI is InChI=1S/C20H22Cl2N2O3S/c1-28(25,26)15-4-2-14(3-5-15)27-20-17-10-13(21)11-18(22)16(17)12-19(20)24-8-6-23-7-9-24/h2-5,10-11,19-20,23H,6-9,12H2,1H3/t19-,20+/m0/s1. The summed E-state index contributed by atoms with van der Waals surface area (Å²) in [6, 6.07) is 10.4. The van der Waals surface area contributed by atoms with Gasteiger partial charge in [-0.05, 0) is 48.4 Å². The number of sulfone groups is 1. The Morgan fingerprint density at radius 2 is 1.79 bits per heavy atom. The maximum atomic E-state index is 11.7. The van der Waals surface area contributed by atoms with Crippen LogP contribution in [-0.2, 0) is 16.3 Å². The highest BCUT2D eigenvalue weighted by Crippen LogP contribution is 2.42. The molecule has 2 atom stereocenters. The van der Waals surface area contributed by atoms with Crippen LogP contribution in [0, 0.1) is 0 Å². The quantitative estimate of drug-likeness (QED) is 0.789. The first-order valence-corrected chi connectivity index (χ1v) is 11.9. The largest absolute Gasteiger partial charge is 0.484 e. The van der Waals surface area contributed by atoms with Gasteiger partial charge >= 0.3 is 0 Å². The van der Waals surface area contributed by atoms with Gasteiger partial charge < -0.3 is 10.1 Å². The van der Waals surface area contributed by atoms with Crippen molar-refractivity contribution < 1.29 is 13.2 Å². The van der Waals surface area contributed by atoms with Gasteiger partial charge in [-0.2, -0.15) is 0 Å². The number of nitrogens with one attached hydrogen (secondary N) is 1. The molecule has 28 heavy (non-hydrogen) atoms. The lowest BCUT2D eigenvalue weighted by molar-refractivity contribution is 0.0693. The highest BCUT2D eigenvalue weighted by atomic mass is 35.5. The number of halogens is 2. The van der Waals surface area contributed by atoms with Gasteiger partial charge in [-0.3, -0.25) is 4.90 Å². The first kappa shape index (κ1) is 20.0. The van der Waals surface area contributed by atoms with Crippen LogP contribution in [-0.4, -0.2) is 51.8 Å². The van der Waals surface area contributed by atoms with Gasteiger partial charge in [-0.15, -0.1) is 0 Å². The molecule has 150 valence electrons. The van der Waals surface area contributed by atoms with Gasteiger partial charge in [0, 0.05) is 48.0 Å². The maximum absolute atomic E-state index is 11.7. The fourth-order valence-corrected chi connectivity index (χ4v) is 5.22. The Kier molecular flexibility index (Phi) is 5.60. The van der Waals surface area contributed by atoms with Crippen molar-refractivity contribution in [2.75, 3.05) is 32.4 Å². The molecule has 5 nitrogen and oxygen atoms in total. The average Bonchev–Trinajstić information content (AvgIpc) is 3.01. The Labute approximate surface area is 175 Å². The van der Waals surface area contributed by atoms with Crippen molar-refractivity contribution in [3.63, 3.8) is 0 Å². The highest BCUT2D eigenvalue weighted by molar-refractivity contribution is 7.90. The van der Waals surface area contributed by atoms with Crippen LogP contribution in [0.5, 0.6) is 5.75 Å². The summed E-state index contributed by atoms with van der Waals surface area (Å²) in [6.07, 6.45) is 1.78. The predicted octanol–water partition coefficient (Wildman–Crippen LogP) is 3.35. The fourth-order valence-electron chi connectivity index (χ4n) is 4.00. The van der Waals surface area contributed by atoms with Gasteiger partial charge in [0.05, 0.1) is 10.9 Å². The summed E-state index contributed by atoms with van der Waals surface area (Å²) in [4.78, 5) is 2.70. The summed E-state index contributed by atoms with van der Waals surface area (Å²) in [7, 11) is -3.24. The van der Waals surface area contributed by atoms with Crippen LogP contribution in [0.2, 0.25) is 10.0 Å². The van der Waals surface area contributed by atoms with Crippen LogP contribution in [0.4, 0.5) is 0 Å². The van der Waals surface area contributed by atoms with Crippen LogP contribution in [0.25, 0.3) is 0 Å². The summed E-state index contributed by atoms with van der Waals surface area (Å²) in [6.45, 7) is 3.77. The third kappa shape index (κ3) is 4.02. The molecule has 0 saturated carbocycles. The Morgan fingerprint density at radius 1 is 1.11 bits per heavy atom. The smallest absolute Gasteiger partial charge is 0.175 e. The number of fused-ring (bicyclic) bond motifs is 1. The minimum atomic E-state index is -3.24. The minimum absolute atomic E-state index is 0.155. The Morgan fingerprint density at radius 3 is 2.43 bits per heavy atom. The molecule has 0 bridgehead atoms. The molecule has 0 unspecified atom stereocenters. The molecule has 0 radical (unpaired) electrons. The van der Waals surface area contributed by atoms with Gasteiger partial charge in [0.15, 0.2) is 9.84 Å². The second kappa shape index (κ2) is 7.84. The van der Waals surface area contributed by atoms with E-state index in [0.29, 0.717) is 15.8 Å². The Bertz CT molecular complexity index is 974. The lowest BCUT2D eigenvalue weighted by atomic mass is 10.1. The lowest BCUT2D eigenvalue weighted by Crippen LogP contribution is -2.50. The van der Waals surface area contributed by atoms with Crippen LogP contribution >= 0.6 is 23.2 Å². The molecular weight excluding hydrogens is 419 g/mol. The number of benzene rings is 2. The first-order valence-electron chi connectivity index (χ1n) is 9.22. The number of hydrogen-bond acceptors (Lipinski definition) is 5. The van der Waals surface area contributed by atoms with Crippen molar-refractivity contribution in [3.05, 3.63) is 57.6 Å². The second-order valence-corrected chi connectivity index (χ2v) is 10.2. The van der Waals surface area contributed by atoms with Crippen molar-refractivity contribution >= 4 is 33.0 Å². The van der Waals surface area contributed by atoms with E-state index in [4.69, 9.17) is 27.9 Å². The van der Waals surface area contributed by atoms with E-state index in [0.717, 1.165) is 43.7 Å². The molecule has 2 aromatic rings. The number of piperazine rings is 1. The van der Waals surface area contributed by atoms with Crippen LogP contribution in [0.3, 0.4) is 0 Å². The minimum Gasteiger partial charge on any atom is -0.484 e. The number of ether oxygens (including phenoxy) is 1. The Balaban J connectivity index is 1.67. The van der Waals surface area contributed by atoms with Crippen LogP contribution in [0.1, 0.15) is 17.2 Å². The van der Waals surface area contributed by atoms with E-state index >= 15 is 0 Å². The zero-order chi connectivity index (χ0) is 19.9. The van der Waals surface area contributed by atoms with E-state index < -0.39 is 9.84 Å². The summed E-state index contributed by atoms with van der Waals surface area (Å²) < 4.78 is 29.8. The van der Waals surface area contributed by atoms with Gasteiger partial charge in [-0.25, -0.2) is 8.42 Å². The zero-order valence-corrected chi connectivity index (χ0v) is 17.8. The molecule has 2 aliphatic rings. The maximum Gasteiger partial charge on any atom is 0.175 e. The van der Waals surface area contributed by atoms with E-state index in [9.17, 15) is 8.42 Å². The van der Waals surface area contributed by atoms with Crippen molar-refractivity contribution in [3.8, 4) is 5.75 Å². The molecule has 8 heteroatoms. The molecule has 1 N–H and O–H groups in total. The molecule has 1 aliphatic carbocycles. The predicted molar refractivity (Wildman–Crippen MR) is 111 cm³/mol. The third-order valence-corrected chi connectivity index (χ3v) is 7.08. The molecule has 4 rings (SSSR count).